The maximum absolute atomic E-state index is 8.81. The number of nitrogens with zero attached hydrogens (tertiary/aromatic N) is 1. The highest BCUT2D eigenvalue weighted by atomic mass is 16.3. The summed E-state index contributed by atoms with van der Waals surface area (Å²) in [7, 11) is 0. The van der Waals surface area contributed by atoms with E-state index in [0.29, 0.717) is 0 Å². The fourth-order valence-corrected chi connectivity index (χ4v) is 0.872. The average molecular weight is 121 g/mol. The second-order valence-electron chi connectivity index (χ2n) is 1.90. The third-order valence-corrected chi connectivity index (χ3v) is 1.27. The van der Waals surface area contributed by atoms with E-state index < -0.39 is 0 Å². The molecule has 3 nitrogen and oxygen atoms in total. The maximum atomic E-state index is 8.81. The molecule has 1 aromatic rings. The zero-order valence-electron chi connectivity index (χ0n) is 4.63. The monoisotopic (exact) mass is 121 g/mol. The number of hydrogen-bond donors (Lipinski definition) is 2. The van der Waals surface area contributed by atoms with Crippen LogP contribution in [-0.2, 0) is 0 Å². The standard InChI is InChI=1S/C6H4N2O/c9-5-3-4-1-2-7-6(4)8-5/h1-3H,(H,7,8,9)/p+1. The van der Waals surface area contributed by atoms with E-state index >= 15 is 0 Å². The zero-order chi connectivity index (χ0) is 6.27. The van der Waals surface area contributed by atoms with Gasteiger partial charge in [-0.2, -0.15) is 4.67 Å². The van der Waals surface area contributed by atoms with Crippen LogP contribution >= 0.6 is 0 Å². The van der Waals surface area contributed by atoms with Crippen molar-refractivity contribution in [1.29, 1.82) is 0 Å². The fraction of sp³-hybridized carbons (Fsp3) is 0. The quantitative estimate of drug-likeness (QED) is 0.401. The number of aliphatic hydroxyl groups is 1. The zero-order valence-corrected chi connectivity index (χ0v) is 4.63. The topological polar surface area (TPSA) is 50.1 Å². The SMILES string of the molecule is OC1=[N+]=c2[nH]ccc2=C1. The van der Waals surface area contributed by atoms with E-state index in [4.69, 9.17) is 5.11 Å². The first-order valence-corrected chi connectivity index (χ1v) is 2.66. The Balaban J connectivity index is 3.07. The molecule has 0 spiro atoms. The molecule has 0 saturated heterocycles. The minimum absolute atomic E-state index is 0.0804. The van der Waals surface area contributed by atoms with Gasteiger partial charge < -0.3 is 5.11 Å². The molecule has 3 heteroatoms. The van der Waals surface area contributed by atoms with Crippen LogP contribution in [0, 0.1) is 0 Å². The Labute approximate surface area is 50.7 Å². The van der Waals surface area contributed by atoms with E-state index in [-0.39, 0.29) is 5.90 Å². The highest BCUT2D eigenvalue weighted by Crippen LogP contribution is 1.68. The van der Waals surface area contributed by atoms with E-state index in [0.717, 1.165) is 10.7 Å². The van der Waals surface area contributed by atoms with Gasteiger partial charge in [0.25, 0.3) is 0 Å². The first-order valence-electron chi connectivity index (χ1n) is 2.66. The second kappa shape index (κ2) is 1.27. The van der Waals surface area contributed by atoms with Crippen LogP contribution in [0.3, 0.4) is 0 Å². The van der Waals surface area contributed by atoms with Gasteiger partial charge in [0, 0.05) is 0 Å². The van der Waals surface area contributed by atoms with E-state index in [2.05, 4.69) is 9.65 Å². The summed E-state index contributed by atoms with van der Waals surface area (Å²) in [5, 5.41) is 9.77. The van der Waals surface area contributed by atoms with Crippen LogP contribution in [0.2, 0.25) is 0 Å². The Bertz CT molecular complexity index is 381. The van der Waals surface area contributed by atoms with Crippen molar-refractivity contribution in [2.75, 3.05) is 0 Å². The molecule has 2 N–H and O–H groups in total. The molecule has 0 aromatic carbocycles. The second-order valence-corrected chi connectivity index (χ2v) is 1.90. The number of fused-ring (bicyclic) bond motifs is 1. The van der Waals surface area contributed by atoms with E-state index in [9.17, 15) is 0 Å². The molecule has 44 valence electrons. The van der Waals surface area contributed by atoms with Crippen LogP contribution in [0.4, 0.5) is 0 Å². The van der Waals surface area contributed by atoms with Crippen molar-refractivity contribution < 1.29 is 5.11 Å². The summed E-state index contributed by atoms with van der Waals surface area (Å²) < 4.78 is 3.77. The average Bonchev–Trinajstić information content (AvgIpc) is 2.22. The van der Waals surface area contributed by atoms with Gasteiger partial charge in [0.1, 0.15) is 0 Å². The van der Waals surface area contributed by atoms with Crippen molar-refractivity contribution in [1.82, 2.24) is 9.65 Å². The number of H-pyrrole nitrogens is 1. The predicted octanol–water partition coefficient (Wildman–Crippen LogP) is -1.55. The van der Waals surface area contributed by atoms with E-state index in [1.165, 1.54) is 0 Å². The molecule has 1 aliphatic rings. The molecule has 0 unspecified atom stereocenters. The molecule has 0 saturated carbocycles. The lowest BCUT2D eigenvalue weighted by molar-refractivity contribution is 0.561. The third kappa shape index (κ3) is 0.490. The minimum Gasteiger partial charge on any atom is -0.466 e. The van der Waals surface area contributed by atoms with Gasteiger partial charge in [0.05, 0.1) is 17.5 Å². The molecule has 0 bridgehead atoms. The summed E-state index contributed by atoms with van der Waals surface area (Å²) in [5.41, 5.74) is 0.743. The molecule has 1 aliphatic heterocycles. The van der Waals surface area contributed by atoms with Crippen molar-refractivity contribution in [2.24, 2.45) is 0 Å². The molecule has 2 rings (SSSR count). The highest BCUT2D eigenvalue weighted by Gasteiger charge is 2.06. The molecule has 9 heavy (non-hydrogen) atoms. The Morgan fingerprint density at radius 3 is 3.22 bits per heavy atom. The summed E-state index contributed by atoms with van der Waals surface area (Å²) in [6, 6.07) is 1.86. The highest BCUT2D eigenvalue weighted by molar-refractivity contribution is 6.02. The van der Waals surface area contributed by atoms with Gasteiger partial charge in [0.15, 0.2) is 0 Å². The van der Waals surface area contributed by atoms with Crippen LogP contribution in [0.15, 0.2) is 12.3 Å². The van der Waals surface area contributed by atoms with Crippen molar-refractivity contribution in [3.05, 3.63) is 23.0 Å². The smallest absolute Gasteiger partial charge is 0.385 e. The summed E-state index contributed by atoms with van der Waals surface area (Å²) in [5.74, 6) is 0.0804. The third-order valence-electron chi connectivity index (χ3n) is 1.27. The van der Waals surface area contributed by atoms with Crippen LogP contribution in [0.1, 0.15) is 0 Å². The number of aliphatic hydroxyl groups excluding tert-OH is 1. The lowest BCUT2D eigenvalue weighted by atomic mass is 10.4. The molecular weight excluding hydrogens is 116 g/mol. The first kappa shape index (κ1) is 4.41. The Morgan fingerprint density at radius 1 is 1.56 bits per heavy atom. The predicted molar refractivity (Wildman–Crippen MR) is 33.4 cm³/mol. The maximum Gasteiger partial charge on any atom is 0.385 e. The van der Waals surface area contributed by atoms with Gasteiger partial charge >= 0.3 is 11.4 Å². The minimum atomic E-state index is 0.0804. The van der Waals surface area contributed by atoms with Gasteiger partial charge in [-0.15, -0.1) is 0 Å². The van der Waals surface area contributed by atoms with Crippen molar-refractivity contribution >= 4 is 12.0 Å². The number of nitrogens with one attached hydrogen (secondary N) is 1. The molecule has 0 atom stereocenters. The van der Waals surface area contributed by atoms with Crippen molar-refractivity contribution in [2.45, 2.75) is 0 Å². The molecule has 2 heterocycles. The number of hydrogen-bond acceptors (Lipinski definition) is 0. The number of aromatic amines is 1. The van der Waals surface area contributed by atoms with Crippen molar-refractivity contribution in [3.8, 4) is 0 Å². The summed E-state index contributed by atoms with van der Waals surface area (Å²) in [6.45, 7) is 0. The number of rotatable bonds is 0. The van der Waals surface area contributed by atoms with E-state index in [1.54, 1.807) is 12.3 Å². The van der Waals surface area contributed by atoms with Crippen LogP contribution in [0.5, 0.6) is 0 Å². The lowest BCUT2D eigenvalue weighted by Crippen LogP contribution is -2.21. The Morgan fingerprint density at radius 2 is 2.44 bits per heavy atom. The molecule has 0 fully saturated rings. The normalized spacial score (nSPS) is 13.6. The Kier molecular flexibility index (Phi) is 0.624. The summed E-state index contributed by atoms with van der Waals surface area (Å²) >= 11 is 0. The summed E-state index contributed by atoms with van der Waals surface area (Å²) in [4.78, 5) is 2.87. The molecule has 0 amide bonds. The van der Waals surface area contributed by atoms with Crippen LogP contribution in [-0.4, -0.2) is 16.0 Å². The largest absolute Gasteiger partial charge is 0.466 e. The number of aromatic nitrogens is 1. The lowest BCUT2D eigenvalue weighted by Gasteiger charge is -1.63. The van der Waals surface area contributed by atoms with Gasteiger partial charge in [-0.25, -0.2) is 4.98 Å². The Hall–Kier alpha value is -1.47. The van der Waals surface area contributed by atoms with E-state index in [1.807, 2.05) is 6.07 Å². The first-order chi connectivity index (χ1) is 4.36. The van der Waals surface area contributed by atoms with Gasteiger partial charge in [0.2, 0.25) is 0 Å². The summed E-state index contributed by atoms with van der Waals surface area (Å²) in [6.07, 6.45) is 3.41. The molecule has 0 aliphatic carbocycles. The van der Waals surface area contributed by atoms with Gasteiger partial charge in [-0.1, -0.05) is 0 Å². The van der Waals surface area contributed by atoms with Gasteiger partial charge in [-0.3, -0.25) is 0 Å². The molecule has 1 aromatic heterocycles. The van der Waals surface area contributed by atoms with Gasteiger partial charge in [-0.05, 0) is 6.07 Å². The van der Waals surface area contributed by atoms with Crippen molar-refractivity contribution in [3.63, 3.8) is 0 Å². The van der Waals surface area contributed by atoms with Crippen LogP contribution in [0.25, 0.3) is 6.08 Å². The fourth-order valence-electron chi connectivity index (χ4n) is 0.872. The van der Waals surface area contributed by atoms with Crippen LogP contribution < -0.4 is 15.4 Å². The molecular formula is C6H5N2O+. The molecule has 0 radical (unpaired) electrons.